The van der Waals surface area contributed by atoms with Gasteiger partial charge in [0.25, 0.3) is 5.91 Å². The number of rotatable bonds is 4. The highest BCUT2D eigenvalue weighted by Gasteiger charge is 2.59. The lowest BCUT2D eigenvalue weighted by Crippen LogP contribution is -2.36. The van der Waals surface area contributed by atoms with Gasteiger partial charge in [0.15, 0.2) is 11.8 Å². The second-order valence-corrected chi connectivity index (χ2v) is 5.01. The number of anilines is 1. The highest BCUT2D eigenvalue weighted by Crippen LogP contribution is 2.36. The first-order valence-electron chi connectivity index (χ1n) is 6.84. The van der Waals surface area contributed by atoms with Crippen LogP contribution in [0.25, 0.3) is 0 Å². The van der Waals surface area contributed by atoms with Gasteiger partial charge in [0.1, 0.15) is 11.7 Å². The lowest BCUT2D eigenvalue weighted by Gasteiger charge is -2.17. The Bertz CT molecular complexity index is 776. The Labute approximate surface area is 135 Å². The summed E-state index contributed by atoms with van der Waals surface area (Å²) in [7, 11) is 2.56. The first-order chi connectivity index (χ1) is 11.5. The maximum absolute atomic E-state index is 12.7. The number of hydrogen-bond donors (Lipinski definition) is 0. The summed E-state index contributed by atoms with van der Waals surface area (Å²) < 4.78 is 9.63. The number of methoxy groups -OCH3 is 2. The minimum atomic E-state index is -1.30. The van der Waals surface area contributed by atoms with Crippen molar-refractivity contribution in [1.82, 2.24) is 5.12 Å². The van der Waals surface area contributed by atoms with Crippen molar-refractivity contribution in [3.63, 3.8) is 0 Å². The molecule has 2 aliphatic rings. The molecular weight excluding hydrogens is 320 g/mol. The molecule has 0 aromatic heterocycles. The molecule has 10 heteroatoms. The molecule has 1 fully saturated rings. The molecule has 1 aromatic rings. The Morgan fingerprint density at radius 1 is 1.25 bits per heavy atom. The fraction of sp³-hybridized carbons (Fsp3) is 0.286. The van der Waals surface area contributed by atoms with Crippen LogP contribution in [0.4, 0.5) is 5.69 Å². The van der Waals surface area contributed by atoms with Crippen molar-refractivity contribution < 1.29 is 23.9 Å². The number of nitrogens with zero attached hydrogens (tertiary/aromatic N) is 4. The van der Waals surface area contributed by atoms with E-state index in [4.69, 9.17) is 4.74 Å². The largest absolute Gasteiger partial charge is 0.497 e. The van der Waals surface area contributed by atoms with Crippen LogP contribution in [-0.2, 0) is 19.1 Å². The molecule has 1 saturated heterocycles. The normalized spacial score (nSPS) is 22.3. The number of hydrazone groups is 1. The number of carbonyl (C=O) groups excluding carboxylic acids is 3. The molecule has 124 valence electrons. The van der Waals surface area contributed by atoms with E-state index in [-0.39, 0.29) is 11.4 Å². The van der Waals surface area contributed by atoms with E-state index in [9.17, 15) is 19.3 Å². The van der Waals surface area contributed by atoms with Crippen LogP contribution in [0.15, 0.2) is 34.7 Å². The van der Waals surface area contributed by atoms with Crippen molar-refractivity contribution >= 4 is 29.2 Å². The monoisotopic (exact) mass is 332 g/mol. The molecular formula is C14H12N4O6. The van der Waals surface area contributed by atoms with E-state index < -0.39 is 29.7 Å². The lowest BCUT2D eigenvalue weighted by molar-refractivity contribution is -0.133. The Morgan fingerprint density at radius 2 is 2.00 bits per heavy atom. The first-order valence-corrected chi connectivity index (χ1v) is 6.84. The summed E-state index contributed by atoms with van der Waals surface area (Å²) in [6, 6.07) is 4.98. The lowest BCUT2D eigenvalue weighted by atomic mass is 9.98. The topological polar surface area (TPSA) is 118 Å². The summed E-state index contributed by atoms with van der Waals surface area (Å²) in [5.41, 5.74) is -0.0698. The van der Waals surface area contributed by atoms with E-state index in [1.807, 2.05) is 0 Å². The number of nitroso groups, excluding NO2 is 1. The van der Waals surface area contributed by atoms with Crippen LogP contribution in [0, 0.1) is 10.8 Å². The predicted octanol–water partition coefficient (Wildman–Crippen LogP) is 0.0792. The van der Waals surface area contributed by atoms with Gasteiger partial charge in [-0.1, -0.05) is 6.07 Å². The van der Waals surface area contributed by atoms with Gasteiger partial charge in [0, 0.05) is 6.07 Å². The molecule has 1 aromatic carbocycles. The average Bonchev–Trinajstić information content (AvgIpc) is 3.11. The summed E-state index contributed by atoms with van der Waals surface area (Å²) in [5, 5.41) is 6.76. The van der Waals surface area contributed by atoms with Gasteiger partial charge in [0.2, 0.25) is 5.91 Å². The van der Waals surface area contributed by atoms with Crippen LogP contribution in [0.3, 0.4) is 0 Å². The fourth-order valence-electron chi connectivity index (χ4n) is 2.74. The zero-order valence-electron chi connectivity index (χ0n) is 12.7. The molecule has 0 bridgehead atoms. The second kappa shape index (κ2) is 5.72. The molecule has 0 radical (unpaired) electrons. The SMILES string of the molecule is COC(=O)C1=NN(N=O)[C@@H]2C(=O)N(c3cccc(OC)c3)C(=O)[C@H]12. The zero-order valence-corrected chi connectivity index (χ0v) is 12.7. The molecule has 2 aliphatic heterocycles. The van der Waals surface area contributed by atoms with E-state index in [1.54, 1.807) is 12.1 Å². The molecule has 0 spiro atoms. The highest BCUT2D eigenvalue weighted by molar-refractivity contribution is 6.46. The molecule has 0 aliphatic carbocycles. The van der Waals surface area contributed by atoms with Crippen molar-refractivity contribution in [3.8, 4) is 5.75 Å². The zero-order chi connectivity index (χ0) is 17.4. The predicted molar refractivity (Wildman–Crippen MR) is 79.9 cm³/mol. The van der Waals surface area contributed by atoms with Gasteiger partial charge in [-0.05, 0) is 12.1 Å². The van der Waals surface area contributed by atoms with Gasteiger partial charge in [-0.15, -0.1) is 15.1 Å². The van der Waals surface area contributed by atoms with E-state index >= 15 is 0 Å². The summed E-state index contributed by atoms with van der Waals surface area (Å²) in [6.07, 6.45) is 0. The number of imide groups is 1. The molecule has 0 saturated carbocycles. The molecule has 0 unspecified atom stereocenters. The molecule has 24 heavy (non-hydrogen) atoms. The van der Waals surface area contributed by atoms with Gasteiger partial charge < -0.3 is 9.47 Å². The van der Waals surface area contributed by atoms with Crippen molar-refractivity contribution in [2.24, 2.45) is 16.3 Å². The third kappa shape index (κ3) is 2.11. The van der Waals surface area contributed by atoms with Gasteiger partial charge in [-0.25, -0.2) is 9.69 Å². The van der Waals surface area contributed by atoms with E-state index in [0.717, 1.165) is 12.0 Å². The quantitative estimate of drug-likeness (QED) is 0.435. The van der Waals surface area contributed by atoms with Crippen LogP contribution >= 0.6 is 0 Å². The summed E-state index contributed by atoms with van der Waals surface area (Å²) in [6.45, 7) is 0. The maximum atomic E-state index is 12.7. The van der Waals surface area contributed by atoms with Crippen LogP contribution in [0.2, 0.25) is 0 Å². The Hall–Kier alpha value is -3.30. The fourth-order valence-corrected chi connectivity index (χ4v) is 2.74. The van der Waals surface area contributed by atoms with E-state index in [0.29, 0.717) is 10.9 Å². The Balaban J connectivity index is 2.03. The minimum Gasteiger partial charge on any atom is -0.497 e. The van der Waals surface area contributed by atoms with Gasteiger partial charge >= 0.3 is 5.97 Å². The van der Waals surface area contributed by atoms with Gasteiger partial charge in [-0.3, -0.25) is 9.59 Å². The van der Waals surface area contributed by atoms with E-state index in [2.05, 4.69) is 15.1 Å². The van der Waals surface area contributed by atoms with Gasteiger partial charge in [-0.2, -0.15) is 0 Å². The molecule has 0 N–H and O–H groups in total. The average molecular weight is 332 g/mol. The van der Waals surface area contributed by atoms with Crippen LogP contribution in [-0.4, -0.2) is 48.9 Å². The summed E-state index contributed by atoms with van der Waals surface area (Å²) in [5.74, 6) is -3.09. The standard InChI is InChI=1S/C14H12N4O6/c1-23-8-5-3-4-7(6-8)17-12(19)9-10(14(21)24-2)15-18(16-22)11(9)13(17)20/h3-6,9,11H,1-2H3/t9-,11+/m1/s1. The Morgan fingerprint density at radius 3 is 2.62 bits per heavy atom. The number of benzene rings is 1. The molecule has 10 nitrogen and oxygen atoms in total. The Kier molecular flexibility index (Phi) is 3.72. The second-order valence-electron chi connectivity index (χ2n) is 5.01. The molecule has 2 amide bonds. The first kappa shape index (κ1) is 15.6. The maximum Gasteiger partial charge on any atom is 0.355 e. The van der Waals surface area contributed by atoms with Crippen LogP contribution in [0.1, 0.15) is 0 Å². The van der Waals surface area contributed by atoms with Crippen molar-refractivity contribution in [1.29, 1.82) is 0 Å². The number of esters is 1. The summed E-state index contributed by atoms with van der Waals surface area (Å²) in [4.78, 5) is 48.9. The summed E-state index contributed by atoms with van der Waals surface area (Å²) >= 11 is 0. The van der Waals surface area contributed by atoms with Crippen molar-refractivity contribution in [3.05, 3.63) is 29.2 Å². The third-order valence-corrected chi connectivity index (χ3v) is 3.82. The minimum absolute atomic E-state index is 0.258. The van der Waals surface area contributed by atoms with Gasteiger partial charge in [0.05, 0.1) is 25.2 Å². The number of amides is 2. The highest BCUT2D eigenvalue weighted by atomic mass is 16.5. The van der Waals surface area contributed by atoms with Crippen LogP contribution in [0.5, 0.6) is 5.75 Å². The molecule has 2 heterocycles. The van der Waals surface area contributed by atoms with E-state index in [1.165, 1.54) is 19.2 Å². The van der Waals surface area contributed by atoms with Crippen molar-refractivity contribution in [2.75, 3.05) is 19.1 Å². The third-order valence-electron chi connectivity index (χ3n) is 3.82. The smallest absolute Gasteiger partial charge is 0.355 e. The number of ether oxygens (including phenoxy) is 2. The van der Waals surface area contributed by atoms with Crippen molar-refractivity contribution in [2.45, 2.75) is 6.04 Å². The number of hydrogen-bond acceptors (Lipinski definition) is 8. The number of carbonyl (C=O) groups is 3. The molecule has 2 atom stereocenters. The van der Waals surface area contributed by atoms with Crippen LogP contribution < -0.4 is 9.64 Å². The molecule has 3 rings (SSSR count). The number of fused-ring (bicyclic) bond motifs is 1.